The van der Waals surface area contributed by atoms with Crippen LogP contribution >= 0.6 is 0 Å². The van der Waals surface area contributed by atoms with Gasteiger partial charge in [-0.25, -0.2) is 0 Å². The first-order valence-electron chi connectivity index (χ1n) is 8.04. The van der Waals surface area contributed by atoms with E-state index in [4.69, 9.17) is 4.74 Å². The molecule has 5 nitrogen and oxygen atoms in total. The maximum Gasteiger partial charge on any atom is 0.235 e. The minimum atomic E-state index is -0.378. The van der Waals surface area contributed by atoms with Crippen LogP contribution in [0.2, 0.25) is 0 Å². The maximum atomic E-state index is 12.9. The molecule has 0 aromatic heterocycles. The Bertz CT molecular complexity index is 456. The predicted octanol–water partition coefficient (Wildman–Crippen LogP) is 1.13. The Morgan fingerprint density at radius 2 is 1.81 bits per heavy atom. The van der Waals surface area contributed by atoms with Gasteiger partial charge in [0.15, 0.2) is 0 Å². The van der Waals surface area contributed by atoms with Gasteiger partial charge in [0, 0.05) is 32.1 Å². The lowest BCUT2D eigenvalue weighted by Gasteiger charge is -2.48. The molecule has 3 rings (SSSR count). The van der Waals surface area contributed by atoms with Crippen LogP contribution in [0.15, 0.2) is 0 Å². The normalized spacial score (nSPS) is 36.3. The van der Waals surface area contributed by atoms with Gasteiger partial charge in [-0.15, -0.1) is 0 Å². The largest absolute Gasteiger partial charge is 0.379 e. The van der Waals surface area contributed by atoms with E-state index < -0.39 is 0 Å². The number of ether oxygens (including phenoxy) is 1. The third kappa shape index (κ3) is 2.13. The smallest absolute Gasteiger partial charge is 0.235 e. The molecule has 21 heavy (non-hydrogen) atoms. The van der Waals surface area contributed by atoms with Crippen molar-refractivity contribution in [1.29, 1.82) is 0 Å². The molecule has 0 aromatic carbocycles. The van der Waals surface area contributed by atoms with E-state index in [1.54, 1.807) is 4.90 Å². The van der Waals surface area contributed by atoms with Gasteiger partial charge in [-0.3, -0.25) is 19.4 Å². The van der Waals surface area contributed by atoms with Crippen LogP contribution in [-0.2, 0) is 14.3 Å². The van der Waals surface area contributed by atoms with Crippen LogP contribution in [0.4, 0.5) is 0 Å². The highest BCUT2D eigenvalue weighted by Gasteiger charge is 2.64. The summed E-state index contributed by atoms with van der Waals surface area (Å²) in [4.78, 5) is 29.4. The fourth-order valence-corrected chi connectivity index (χ4v) is 4.18. The third-order valence-corrected chi connectivity index (χ3v) is 6.25. The first-order chi connectivity index (χ1) is 9.88. The second-order valence-electron chi connectivity index (χ2n) is 7.39. The summed E-state index contributed by atoms with van der Waals surface area (Å²) in [6.07, 6.45) is 1.69. The topological polar surface area (TPSA) is 49.9 Å². The van der Waals surface area contributed by atoms with E-state index in [-0.39, 0.29) is 28.6 Å². The average molecular weight is 294 g/mol. The Morgan fingerprint density at radius 3 is 2.48 bits per heavy atom. The minimum absolute atomic E-state index is 0.00453. The third-order valence-electron chi connectivity index (χ3n) is 6.25. The van der Waals surface area contributed by atoms with Gasteiger partial charge in [0.05, 0.1) is 18.6 Å². The lowest BCUT2D eigenvalue weighted by Crippen LogP contribution is -2.60. The van der Waals surface area contributed by atoms with Gasteiger partial charge in [-0.1, -0.05) is 20.8 Å². The van der Waals surface area contributed by atoms with E-state index in [0.717, 1.165) is 45.7 Å². The molecule has 2 bridgehead atoms. The molecule has 2 saturated heterocycles. The van der Waals surface area contributed by atoms with Crippen molar-refractivity contribution >= 4 is 11.8 Å². The highest BCUT2D eigenvalue weighted by molar-refractivity contribution is 6.03. The number of fused-ring (bicyclic) bond motifs is 2. The van der Waals surface area contributed by atoms with Crippen LogP contribution in [0.1, 0.15) is 33.6 Å². The Hall–Kier alpha value is -0.940. The van der Waals surface area contributed by atoms with Crippen LogP contribution in [0, 0.1) is 16.7 Å². The van der Waals surface area contributed by atoms with Crippen molar-refractivity contribution in [3.05, 3.63) is 0 Å². The Labute approximate surface area is 126 Å². The lowest BCUT2D eigenvalue weighted by atomic mass is 9.62. The number of imide groups is 1. The van der Waals surface area contributed by atoms with Gasteiger partial charge < -0.3 is 4.74 Å². The molecule has 2 amide bonds. The molecule has 1 saturated carbocycles. The molecule has 3 aliphatic rings. The van der Waals surface area contributed by atoms with E-state index in [2.05, 4.69) is 18.7 Å². The quantitative estimate of drug-likeness (QED) is 0.732. The van der Waals surface area contributed by atoms with E-state index in [1.807, 2.05) is 6.92 Å². The number of hydrogen-bond acceptors (Lipinski definition) is 4. The molecule has 2 atom stereocenters. The van der Waals surface area contributed by atoms with Crippen LogP contribution in [-0.4, -0.2) is 61.0 Å². The Morgan fingerprint density at radius 1 is 1.14 bits per heavy atom. The summed E-state index contributed by atoms with van der Waals surface area (Å²) < 4.78 is 5.33. The van der Waals surface area contributed by atoms with Crippen LogP contribution in [0.25, 0.3) is 0 Å². The molecule has 2 aliphatic heterocycles. The number of piperidine rings is 1. The van der Waals surface area contributed by atoms with Gasteiger partial charge in [0.2, 0.25) is 11.8 Å². The Balaban J connectivity index is 1.72. The minimum Gasteiger partial charge on any atom is -0.379 e. The van der Waals surface area contributed by atoms with E-state index in [1.165, 1.54) is 0 Å². The molecular weight excluding hydrogens is 268 g/mol. The van der Waals surface area contributed by atoms with Crippen molar-refractivity contribution in [2.24, 2.45) is 16.7 Å². The molecular formula is C16H26N2O3. The molecule has 2 heterocycles. The zero-order valence-corrected chi connectivity index (χ0v) is 13.4. The number of morpholine rings is 1. The summed E-state index contributed by atoms with van der Waals surface area (Å²) in [6.45, 7) is 10.8. The van der Waals surface area contributed by atoms with Crippen molar-refractivity contribution in [3.8, 4) is 0 Å². The summed E-state index contributed by atoms with van der Waals surface area (Å²) in [7, 11) is 0. The van der Waals surface area contributed by atoms with Gasteiger partial charge in [0.25, 0.3) is 0 Å². The first kappa shape index (κ1) is 15.0. The van der Waals surface area contributed by atoms with Crippen LogP contribution < -0.4 is 0 Å². The molecule has 0 spiro atoms. The number of carbonyl (C=O) groups is 2. The number of nitrogens with zero attached hydrogens (tertiary/aromatic N) is 2. The monoisotopic (exact) mass is 294 g/mol. The number of hydrogen-bond donors (Lipinski definition) is 0. The van der Waals surface area contributed by atoms with Gasteiger partial charge in [-0.05, 0) is 18.3 Å². The molecule has 3 fully saturated rings. The number of amides is 2. The lowest BCUT2D eigenvalue weighted by molar-refractivity contribution is -0.168. The van der Waals surface area contributed by atoms with Gasteiger partial charge in [0.1, 0.15) is 0 Å². The summed E-state index contributed by atoms with van der Waals surface area (Å²) in [5.41, 5.74) is -0.590. The van der Waals surface area contributed by atoms with Crippen molar-refractivity contribution in [2.75, 3.05) is 39.4 Å². The Kier molecular flexibility index (Phi) is 3.61. The fourth-order valence-electron chi connectivity index (χ4n) is 4.18. The molecule has 0 radical (unpaired) electrons. The molecule has 0 N–H and O–H groups in total. The SMILES string of the molecule is CC1(C)[C@H]2CC[C@]1(C)C(=O)N(CCN1CCOCC1)C2=O. The molecule has 5 heteroatoms. The highest BCUT2D eigenvalue weighted by Crippen LogP contribution is 2.59. The maximum absolute atomic E-state index is 12.9. The van der Waals surface area contributed by atoms with E-state index in [0.29, 0.717) is 6.54 Å². The summed E-state index contributed by atoms with van der Waals surface area (Å²) in [5, 5.41) is 0. The number of rotatable bonds is 3. The van der Waals surface area contributed by atoms with Crippen molar-refractivity contribution in [1.82, 2.24) is 9.80 Å². The number of carbonyl (C=O) groups excluding carboxylic acids is 2. The molecule has 1 aliphatic carbocycles. The zero-order valence-electron chi connectivity index (χ0n) is 13.4. The van der Waals surface area contributed by atoms with E-state index >= 15 is 0 Å². The highest BCUT2D eigenvalue weighted by atomic mass is 16.5. The van der Waals surface area contributed by atoms with Crippen molar-refractivity contribution in [3.63, 3.8) is 0 Å². The summed E-state index contributed by atoms with van der Waals surface area (Å²) in [6, 6.07) is 0. The predicted molar refractivity (Wildman–Crippen MR) is 78.6 cm³/mol. The standard InChI is InChI=1S/C16H26N2O3/c1-15(2)12-4-5-16(15,3)14(20)18(13(12)19)7-6-17-8-10-21-11-9-17/h12H,4-11H2,1-3H3/t12-,16+/m0/s1. The van der Waals surface area contributed by atoms with Crippen molar-refractivity contribution < 1.29 is 14.3 Å². The molecule has 0 aromatic rings. The fraction of sp³-hybridized carbons (Fsp3) is 0.875. The van der Waals surface area contributed by atoms with Crippen molar-refractivity contribution in [2.45, 2.75) is 33.6 Å². The van der Waals surface area contributed by atoms with Gasteiger partial charge in [-0.2, -0.15) is 0 Å². The second-order valence-corrected chi connectivity index (χ2v) is 7.39. The zero-order chi connectivity index (χ0) is 15.3. The summed E-state index contributed by atoms with van der Waals surface area (Å²) in [5.74, 6) is 0.0950. The average Bonchev–Trinajstić information content (AvgIpc) is 2.65. The first-order valence-corrected chi connectivity index (χ1v) is 8.04. The summed E-state index contributed by atoms with van der Waals surface area (Å²) >= 11 is 0. The van der Waals surface area contributed by atoms with E-state index in [9.17, 15) is 9.59 Å². The van der Waals surface area contributed by atoms with Gasteiger partial charge >= 0.3 is 0 Å². The van der Waals surface area contributed by atoms with Crippen LogP contribution in [0.3, 0.4) is 0 Å². The number of likely N-dealkylation sites (tertiary alicyclic amines) is 1. The molecule has 118 valence electrons. The van der Waals surface area contributed by atoms with Crippen LogP contribution in [0.5, 0.6) is 0 Å². The molecule has 0 unspecified atom stereocenters. The second kappa shape index (κ2) is 5.06.